The molecule has 0 spiro atoms. The Morgan fingerprint density at radius 3 is 2.50 bits per heavy atom. The number of aromatic nitrogens is 1. The van der Waals surface area contributed by atoms with E-state index in [0.29, 0.717) is 23.7 Å². The van der Waals surface area contributed by atoms with Crippen LogP contribution in [0.5, 0.6) is 11.5 Å². The third-order valence-electron chi connectivity index (χ3n) is 4.67. The van der Waals surface area contributed by atoms with Crippen molar-refractivity contribution in [2.75, 3.05) is 19.1 Å². The maximum absolute atomic E-state index is 12.3. The van der Waals surface area contributed by atoms with Gasteiger partial charge in [-0.1, -0.05) is 18.7 Å². The highest BCUT2D eigenvalue weighted by molar-refractivity contribution is 8.18. The van der Waals surface area contributed by atoms with Gasteiger partial charge < -0.3 is 14.0 Å². The third-order valence-corrected chi connectivity index (χ3v) is 5.45. The topological polar surface area (TPSA) is 60.8 Å². The molecule has 142 valence electrons. The number of thioether (sulfide) groups is 1. The number of methoxy groups -OCH3 is 2. The van der Waals surface area contributed by atoms with E-state index in [0.717, 1.165) is 28.2 Å². The molecule has 1 aliphatic rings. The minimum Gasteiger partial charge on any atom is -0.493 e. The molecule has 1 aromatic heterocycles. The van der Waals surface area contributed by atoms with Crippen molar-refractivity contribution in [3.8, 4) is 11.5 Å². The Kier molecular flexibility index (Phi) is 4.60. The van der Waals surface area contributed by atoms with Crippen molar-refractivity contribution >= 4 is 39.5 Å². The summed E-state index contributed by atoms with van der Waals surface area (Å²) in [6, 6.07) is 13.3. The number of hydrogen-bond acceptors (Lipinski definition) is 5. The maximum Gasteiger partial charge on any atom is 0.298 e. The lowest BCUT2D eigenvalue weighted by atomic mass is 10.2. The number of rotatable bonds is 5. The normalized spacial score (nSPS) is 14.2. The average Bonchev–Trinajstić information content (AvgIpc) is 3.22. The number of carbonyl (C=O) groups is 2. The van der Waals surface area contributed by atoms with Crippen LogP contribution in [0.3, 0.4) is 0 Å². The molecule has 0 N–H and O–H groups in total. The fourth-order valence-electron chi connectivity index (χ4n) is 3.33. The second-order valence-electron chi connectivity index (χ2n) is 6.27. The van der Waals surface area contributed by atoms with Gasteiger partial charge in [0.2, 0.25) is 0 Å². The van der Waals surface area contributed by atoms with Gasteiger partial charge in [0.05, 0.1) is 30.3 Å². The number of fused-ring (bicyclic) bond motifs is 1. The first-order chi connectivity index (χ1) is 13.5. The number of anilines is 1. The molecule has 0 atom stereocenters. The van der Waals surface area contributed by atoms with Crippen LogP contribution in [-0.4, -0.2) is 29.9 Å². The van der Waals surface area contributed by atoms with Crippen molar-refractivity contribution in [2.24, 2.45) is 0 Å². The van der Waals surface area contributed by atoms with E-state index in [9.17, 15) is 9.59 Å². The van der Waals surface area contributed by atoms with Gasteiger partial charge in [-0.2, -0.15) is 0 Å². The molecule has 0 bridgehead atoms. The molecule has 6 nitrogen and oxygen atoms in total. The van der Waals surface area contributed by atoms with Crippen LogP contribution < -0.4 is 14.4 Å². The van der Waals surface area contributed by atoms with Gasteiger partial charge in [-0.15, -0.1) is 0 Å². The quantitative estimate of drug-likeness (QED) is 0.600. The third kappa shape index (κ3) is 2.93. The van der Waals surface area contributed by atoms with Crippen LogP contribution in [0.25, 0.3) is 10.9 Å². The Morgan fingerprint density at radius 1 is 1.04 bits per heavy atom. The van der Waals surface area contributed by atoms with Crippen LogP contribution in [0.4, 0.5) is 10.5 Å². The van der Waals surface area contributed by atoms with Crippen LogP contribution >= 0.6 is 11.8 Å². The Labute approximate surface area is 166 Å². The largest absolute Gasteiger partial charge is 0.493 e. The van der Waals surface area contributed by atoms with Crippen molar-refractivity contribution in [3.05, 3.63) is 65.7 Å². The Hall–Kier alpha value is -3.19. The fraction of sp³-hybridized carbons (Fsp3) is 0.143. The molecule has 0 saturated carbocycles. The molecular weight excluding hydrogens is 376 g/mol. The standard InChI is InChI=1S/C21H18N2O4S/c1-13-20(24)23(21(25)28-13)17-6-4-5-16-15(17)9-10-22(16)12-14-7-8-18(26-2)19(11-14)27-3/h4-11H,1,12H2,2-3H3. The predicted molar refractivity (Wildman–Crippen MR) is 110 cm³/mol. The molecule has 0 unspecified atom stereocenters. The van der Waals surface area contributed by atoms with Crippen molar-refractivity contribution < 1.29 is 19.1 Å². The second-order valence-corrected chi connectivity index (χ2v) is 7.32. The van der Waals surface area contributed by atoms with Gasteiger partial charge in [0.15, 0.2) is 11.5 Å². The van der Waals surface area contributed by atoms with Crippen LogP contribution in [0.15, 0.2) is 60.1 Å². The second kappa shape index (κ2) is 7.09. The lowest BCUT2D eigenvalue weighted by Crippen LogP contribution is -2.27. The summed E-state index contributed by atoms with van der Waals surface area (Å²) in [6.45, 7) is 4.26. The first-order valence-corrected chi connectivity index (χ1v) is 9.39. The van der Waals surface area contributed by atoms with E-state index in [1.807, 2.05) is 42.6 Å². The van der Waals surface area contributed by atoms with Gasteiger partial charge >= 0.3 is 0 Å². The summed E-state index contributed by atoms with van der Waals surface area (Å²) >= 11 is 0.867. The zero-order chi connectivity index (χ0) is 19.8. The molecule has 1 fully saturated rings. The lowest BCUT2D eigenvalue weighted by Gasteiger charge is -2.15. The van der Waals surface area contributed by atoms with E-state index in [-0.39, 0.29) is 16.1 Å². The predicted octanol–water partition coefficient (Wildman–Crippen LogP) is 4.42. The summed E-state index contributed by atoms with van der Waals surface area (Å²) in [7, 11) is 3.21. The monoisotopic (exact) mass is 394 g/mol. The molecule has 2 heterocycles. The highest BCUT2D eigenvalue weighted by atomic mass is 32.2. The minimum atomic E-state index is -0.366. The molecule has 4 rings (SSSR count). The summed E-state index contributed by atoms with van der Waals surface area (Å²) in [5.74, 6) is 0.978. The van der Waals surface area contributed by atoms with E-state index in [1.165, 1.54) is 4.90 Å². The number of benzene rings is 2. The van der Waals surface area contributed by atoms with E-state index in [2.05, 4.69) is 11.1 Å². The molecular formula is C21H18N2O4S. The van der Waals surface area contributed by atoms with Gasteiger partial charge in [-0.05, 0) is 47.7 Å². The van der Waals surface area contributed by atoms with Crippen LogP contribution in [0.2, 0.25) is 0 Å². The van der Waals surface area contributed by atoms with Crippen LogP contribution in [-0.2, 0) is 11.3 Å². The number of carbonyl (C=O) groups excluding carboxylic acids is 2. The summed E-state index contributed by atoms with van der Waals surface area (Å²) in [5, 5.41) is 0.509. The van der Waals surface area contributed by atoms with Crippen molar-refractivity contribution in [1.82, 2.24) is 4.57 Å². The van der Waals surface area contributed by atoms with E-state index in [4.69, 9.17) is 9.47 Å². The smallest absolute Gasteiger partial charge is 0.298 e. The fourth-order valence-corrected chi connectivity index (χ4v) is 3.99. The van der Waals surface area contributed by atoms with Crippen LogP contribution in [0.1, 0.15) is 5.56 Å². The van der Waals surface area contributed by atoms with Crippen LogP contribution in [0, 0.1) is 0 Å². The van der Waals surface area contributed by atoms with Gasteiger partial charge in [-0.3, -0.25) is 9.59 Å². The maximum atomic E-state index is 12.3. The molecule has 0 radical (unpaired) electrons. The molecule has 1 aliphatic heterocycles. The highest BCUT2D eigenvalue weighted by Gasteiger charge is 2.36. The number of imide groups is 1. The Bertz CT molecular complexity index is 1120. The summed E-state index contributed by atoms with van der Waals surface area (Å²) in [6.07, 6.45) is 1.94. The van der Waals surface area contributed by atoms with Gasteiger partial charge in [-0.25, -0.2) is 4.90 Å². The molecule has 2 aromatic carbocycles. The summed E-state index contributed by atoms with van der Waals surface area (Å²) in [5.41, 5.74) is 2.54. The number of amides is 2. The van der Waals surface area contributed by atoms with Crippen molar-refractivity contribution in [2.45, 2.75) is 6.54 Å². The van der Waals surface area contributed by atoms with Crippen molar-refractivity contribution in [3.63, 3.8) is 0 Å². The molecule has 7 heteroatoms. The Morgan fingerprint density at radius 2 is 1.82 bits per heavy atom. The molecule has 2 amide bonds. The number of nitrogens with zero attached hydrogens (tertiary/aromatic N) is 2. The lowest BCUT2D eigenvalue weighted by molar-refractivity contribution is -0.113. The van der Waals surface area contributed by atoms with Gasteiger partial charge in [0.1, 0.15) is 0 Å². The summed E-state index contributed by atoms with van der Waals surface area (Å²) in [4.78, 5) is 26.0. The zero-order valence-electron chi connectivity index (χ0n) is 15.5. The molecule has 1 saturated heterocycles. The zero-order valence-corrected chi connectivity index (χ0v) is 16.3. The van der Waals surface area contributed by atoms with E-state index < -0.39 is 0 Å². The molecule has 0 aliphatic carbocycles. The van der Waals surface area contributed by atoms with Crippen molar-refractivity contribution in [1.29, 1.82) is 0 Å². The first-order valence-electron chi connectivity index (χ1n) is 8.57. The van der Waals surface area contributed by atoms with E-state index in [1.54, 1.807) is 20.3 Å². The van der Waals surface area contributed by atoms with Gasteiger partial charge in [0, 0.05) is 18.1 Å². The number of ether oxygens (including phenoxy) is 2. The van der Waals surface area contributed by atoms with Gasteiger partial charge in [0.25, 0.3) is 11.1 Å². The molecule has 28 heavy (non-hydrogen) atoms. The number of hydrogen-bond donors (Lipinski definition) is 0. The highest BCUT2D eigenvalue weighted by Crippen LogP contribution is 2.37. The SMILES string of the molecule is C=C1SC(=O)N(c2cccc3c2ccn3Cc2ccc(OC)c(OC)c2)C1=O. The molecule has 3 aromatic rings. The Balaban J connectivity index is 1.72. The first kappa shape index (κ1) is 18.2. The van der Waals surface area contributed by atoms with E-state index >= 15 is 0 Å². The summed E-state index contributed by atoms with van der Waals surface area (Å²) < 4.78 is 12.7. The minimum absolute atomic E-state index is 0.242. The average molecular weight is 394 g/mol.